The van der Waals surface area contributed by atoms with Crippen molar-refractivity contribution in [2.75, 3.05) is 48.0 Å². The van der Waals surface area contributed by atoms with Crippen molar-refractivity contribution in [1.82, 2.24) is 15.0 Å². The summed E-state index contributed by atoms with van der Waals surface area (Å²) in [7, 11) is -0.860. The largest absolute Gasteiger partial charge is 0.354 e. The van der Waals surface area contributed by atoms with Crippen LogP contribution in [0.25, 0.3) is 0 Å². The van der Waals surface area contributed by atoms with E-state index in [4.69, 9.17) is 0 Å². The van der Waals surface area contributed by atoms with Crippen molar-refractivity contribution in [3.05, 3.63) is 0 Å². The number of hydrogen-bond donors (Lipinski definition) is 2. The van der Waals surface area contributed by atoms with Gasteiger partial charge >= 0.3 is 0 Å². The molecular formula is C13H24N6OS. The zero-order valence-electron chi connectivity index (χ0n) is 12.9. The second-order valence-corrected chi connectivity index (χ2v) is 7.00. The van der Waals surface area contributed by atoms with E-state index in [1.54, 1.807) is 6.26 Å². The van der Waals surface area contributed by atoms with Gasteiger partial charge in [-0.1, -0.05) is 0 Å². The highest BCUT2D eigenvalue weighted by Gasteiger charge is 2.17. The second kappa shape index (κ2) is 7.53. The molecule has 0 aromatic carbocycles. The number of rotatable bonds is 7. The van der Waals surface area contributed by atoms with Crippen LogP contribution in [-0.4, -0.2) is 56.8 Å². The van der Waals surface area contributed by atoms with Crippen molar-refractivity contribution < 1.29 is 4.21 Å². The molecule has 2 rings (SSSR count). The van der Waals surface area contributed by atoms with Gasteiger partial charge < -0.3 is 15.5 Å². The molecule has 0 aliphatic carbocycles. The van der Waals surface area contributed by atoms with Crippen LogP contribution in [0.2, 0.25) is 0 Å². The molecule has 7 nitrogen and oxygen atoms in total. The fourth-order valence-corrected chi connectivity index (χ4v) is 2.41. The van der Waals surface area contributed by atoms with Crippen LogP contribution in [-0.2, 0) is 10.8 Å². The highest BCUT2D eigenvalue weighted by Crippen LogP contribution is 2.18. The Bertz CT molecular complexity index is 492. The number of nitrogens with one attached hydrogen (secondary N) is 2. The SMILES string of the molecule is CCNc1nc(NCC(C)S(C)=O)nc(N2CCCC2)n1. The highest BCUT2D eigenvalue weighted by molar-refractivity contribution is 7.84. The Kier molecular flexibility index (Phi) is 5.72. The first-order valence-corrected chi connectivity index (χ1v) is 9.03. The summed E-state index contributed by atoms with van der Waals surface area (Å²) in [6.07, 6.45) is 4.06. The molecule has 0 radical (unpaired) electrons. The normalized spacial score (nSPS) is 17.6. The fourth-order valence-electron chi connectivity index (χ4n) is 2.09. The van der Waals surface area contributed by atoms with E-state index in [-0.39, 0.29) is 5.25 Å². The number of hydrogen-bond acceptors (Lipinski definition) is 7. The van der Waals surface area contributed by atoms with E-state index >= 15 is 0 Å². The molecule has 0 spiro atoms. The molecule has 1 aromatic heterocycles. The van der Waals surface area contributed by atoms with Crippen LogP contribution in [0.15, 0.2) is 0 Å². The monoisotopic (exact) mass is 312 g/mol. The fraction of sp³-hybridized carbons (Fsp3) is 0.769. The van der Waals surface area contributed by atoms with Crippen molar-refractivity contribution in [3.63, 3.8) is 0 Å². The van der Waals surface area contributed by atoms with Gasteiger partial charge in [-0.2, -0.15) is 15.0 Å². The van der Waals surface area contributed by atoms with E-state index in [0.29, 0.717) is 24.4 Å². The number of anilines is 3. The van der Waals surface area contributed by atoms with Crippen LogP contribution in [0.5, 0.6) is 0 Å². The van der Waals surface area contributed by atoms with Crippen molar-refractivity contribution in [2.24, 2.45) is 0 Å². The van der Waals surface area contributed by atoms with Crippen molar-refractivity contribution in [1.29, 1.82) is 0 Å². The maximum Gasteiger partial charge on any atom is 0.231 e. The predicted octanol–water partition coefficient (Wildman–Crippen LogP) is 1.08. The average Bonchev–Trinajstić information content (AvgIpc) is 2.99. The van der Waals surface area contributed by atoms with Crippen LogP contribution >= 0.6 is 0 Å². The predicted molar refractivity (Wildman–Crippen MR) is 87.5 cm³/mol. The van der Waals surface area contributed by atoms with E-state index in [2.05, 4.69) is 30.5 Å². The van der Waals surface area contributed by atoms with Crippen molar-refractivity contribution in [3.8, 4) is 0 Å². The van der Waals surface area contributed by atoms with Gasteiger partial charge in [0.25, 0.3) is 0 Å². The quantitative estimate of drug-likeness (QED) is 0.779. The molecule has 118 valence electrons. The molecule has 2 unspecified atom stereocenters. The summed E-state index contributed by atoms with van der Waals surface area (Å²) in [4.78, 5) is 15.5. The minimum atomic E-state index is -0.860. The summed E-state index contributed by atoms with van der Waals surface area (Å²) in [5.74, 6) is 1.84. The molecule has 2 heterocycles. The zero-order valence-corrected chi connectivity index (χ0v) is 13.7. The van der Waals surface area contributed by atoms with Crippen molar-refractivity contribution in [2.45, 2.75) is 31.9 Å². The Morgan fingerprint density at radius 3 is 2.38 bits per heavy atom. The van der Waals surface area contributed by atoms with Gasteiger partial charge in [-0.3, -0.25) is 4.21 Å². The smallest absolute Gasteiger partial charge is 0.231 e. The molecule has 2 N–H and O–H groups in total. The molecule has 1 fully saturated rings. The second-order valence-electron chi connectivity index (χ2n) is 5.20. The molecule has 1 aliphatic heterocycles. The summed E-state index contributed by atoms with van der Waals surface area (Å²) in [6.45, 7) is 7.27. The van der Waals surface area contributed by atoms with Gasteiger partial charge in [0.05, 0.1) is 0 Å². The minimum absolute atomic E-state index is 0.0552. The van der Waals surface area contributed by atoms with Crippen LogP contribution in [0.3, 0.4) is 0 Å². The third kappa shape index (κ3) is 4.52. The maximum absolute atomic E-state index is 11.4. The molecule has 1 aliphatic rings. The molecule has 21 heavy (non-hydrogen) atoms. The molecule has 1 aromatic rings. The first-order chi connectivity index (χ1) is 10.1. The highest BCUT2D eigenvalue weighted by atomic mass is 32.2. The lowest BCUT2D eigenvalue weighted by atomic mass is 10.4. The lowest BCUT2D eigenvalue weighted by Crippen LogP contribution is -2.25. The molecule has 0 amide bonds. The van der Waals surface area contributed by atoms with Crippen LogP contribution in [0.4, 0.5) is 17.8 Å². The van der Waals surface area contributed by atoms with Gasteiger partial charge in [0.2, 0.25) is 17.8 Å². The van der Waals surface area contributed by atoms with Crippen LogP contribution < -0.4 is 15.5 Å². The number of nitrogens with zero attached hydrogens (tertiary/aromatic N) is 4. The van der Waals surface area contributed by atoms with E-state index < -0.39 is 10.8 Å². The van der Waals surface area contributed by atoms with Gasteiger partial charge in [0.15, 0.2) is 0 Å². The minimum Gasteiger partial charge on any atom is -0.354 e. The standard InChI is InChI=1S/C13H24N6OS/c1-4-14-11-16-12(15-9-10(2)21(3)20)18-13(17-11)19-7-5-6-8-19/h10H,4-9H2,1-3H3,(H2,14,15,16,17,18). The molecule has 8 heteroatoms. The summed E-state index contributed by atoms with van der Waals surface area (Å²) in [6, 6.07) is 0. The third-order valence-electron chi connectivity index (χ3n) is 3.46. The average molecular weight is 312 g/mol. The lowest BCUT2D eigenvalue weighted by molar-refractivity contribution is 0.678. The van der Waals surface area contributed by atoms with Gasteiger partial charge in [-0.15, -0.1) is 0 Å². The molecule has 2 atom stereocenters. The van der Waals surface area contributed by atoms with E-state index in [9.17, 15) is 4.21 Å². The molecule has 0 bridgehead atoms. The summed E-state index contributed by atoms with van der Waals surface area (Å²) >= 11 is 0. The van der Waals surface area contributed by atoms with E-state index in [1.807, 2.05) is 13.8 Å². The summed E-state index contributed by atoms with van der Waals surface area (Å²) in [5.41, 5.74) is 0. The lowest BCUT2D eigenvalue weighted by Gasteiger charge is -2.17. The van der Waals surface area contributed by atoms with Gasteiger partial charge in [0, 0.05) is 48.5 Å². The molecular weight excluding hydrogens is 288 g/mol. The third-order valence-corrected chi connectivity index (χ3v) is 4.76. The Labute approximate surface area is 128 Å². The summed E-state index contributed by atoms with van der Waals surface area (Å²) < 4.78 is 11.4. The van der Waals surface area contributed by atoms with Crippen molar-refractivity contribution >= 4 is 28.6 Å². The van der Waals surface area contributed by atoms with Crippen LogP contribution in [0, 0.1) is 0 Å². The Morgan fingerprint density at radius 2 is 1.81 bits per heavy atom. The van der Waals surface area contributed by atoms with Crippen LogP contribution in [0.1, 0.15) is 26.7 Å². The Balaban J connectivity index is 2.12. The van der Waals surface area contributed by atoms with E-state index in [1.165, 1.54) is 12.8 Å². The van der Waals surface area contributed by atoms with Gasteiger partial charge in [-0.05, 0) is 26.7 Å². The topological polar surface area (TPSA) is 83.0 Å². The number of aromatic nitrogens is 3. The first kappa shape index (κ1) is 15.9. The van der Waals surface area contributed by atoms with Gasteiger partial charge in [0.1, 0.15) is 0 Å². The summed E-state index contributed by atoms with van der Waals surface area (Å²) in [5, 5.41) is 6.35. The first-order valence-electron chi connectivity index (χ1n) is 7.41. The maximum atomic E-state index is 11.4. The Morgan fingerprint density at radius 1 is 1.19 bits per heavy atom. The molecule has 1 saturated heterocycles. The van der Waals surface area contributed by atoms with E-state index in [0.717, 1.165) is 19.6 Å². The Hall–Kier alpha value is -1.44. The zero-order chi connectivity index (χ0) is 15.2. The molecule has 0 saturated carbocycles. The van der Waals surface area contributed by atoms with Gasteiger partial charge in [-0.25, -0.2) is 0 Å².